The molecule has 0 aliphatic heterocycles. The van der Waals surface area contributed by atoms with Crippen molar-refractivity contribution in [2.45, 2.75) is 30.6 Å². The minimum atomic E-state index is -6.30. The minimum absolute atomic E-state index is 1.01. The summed E-state index contributed by atoms with van der Waals surface area (Å²) in [4.78, 5) is 0. The largest absolute Gasteiger partial charge is 0.442 e. The predicted molar refractivity (Wildman–Crippen MR) is 36.9 cm³/mol. The third kappa shape index (κ3) is 3.50. The maximum atomic E-state index is 12.1. The third-order valence-electron chi connectivity index (χ3n) is 1.79. The first-order chi connectivity index (χ1) is 7.63. The number of allylic oxidation sites excluding steroid dienone is 1. The number of aliphatic hydroxyl groups is 1. The van der Waals surface area contributed by atoms with Gasteiger partial charge >= 0.3 is 18.5 Å². The third-order valence-corrected chi connectivity index (χ3v) is 1.79. The molecular weight excluding hydrogens is 290 g/mol. The molecule has 0 unspecified atom stereocenters. The van der Waals surface area contributed by atoms with Crippen molar-refractivity contribution in [2.24, 2.45) is 0 Å². The Balaban J connectivity index is 5.34. The maximum Gasteiger partial charge on any atom is 0.442 e. The van der Waals surface area contributed by atoms with Crippen molar-refractivity contribution < 1.29 is 49.0 Å². The molecular formula is C7H4F10O. The van der Waals surface area contributed by atoms with Crippen LogP contribution < -0.4 is 0 Å². The van der Waals surface area contributed by atoms with Crippen LogP contribution in [0.25, 0.3) is 0 Å². The summed E-state index contributed by atoms with van der Waals surface area (Å²) in [5.41, 5.74) is -5.44. The van der Waals surface area contributed by atoms with E-state index in [0.717, 1.165) is 0 Å². The van der Waals surface area contributed by atoms with Crippen molar-refractivity contribution in [3.63, 3.8) is 0 Å². The summed E-state index contributed by atoms with van der Waals surface area (Å²) in [5, 5.41) is 8.37. The second-order valence-electron chi connectivity index (χ2n) is 3.11. The van der Waals surface area contributed by atoms with Gasteiger partial charge in [-0.1, -0.05) is 0 Å². The van der Waals surface area contributed by atoms with Gasteiger partial charge in [-0.05, 0) is 6.08 Å². The van der Waals surface area contributed by atoms with Gasteiger partial charge in [-0.25, -0.2) is 4.39 Å². The minimum Gasteiger partial charge on any atom is -0.373 e. The quantitative estimate of drug-likeness (QED) is 0.771. The van der Waals surface area contributed by atoms with Crippen molar-refractivity contribution in [3.8, 4) is 0 Å². The number of hydrogen-bond donors (Lipinski definition) is 1. The Morgan fingerprint density at radius 1 is 0.833 bits per heavy atom. The molecule has 0 aromatic carbocycles. The molecule has 0 aromatic rings. The molecule has 11 heteroatoms. The zero-order valence-corrected chi connectivity index (χ0v) is 8.01. The lowest BCUT2D eigenvalue weighted by molar-refractivity contribution is -0.366. The van der Waals surface area contributed by atoms with E-state index in [0.29, 0.717) is 0 Å². The molecule has 0 spiro atoms. The lowest BCUT2D eigenvalue weighted by Crippen LogP contribution is -2.56. The first-order valence-electron chi connectivity index (χ1n) is 3.91. The van der Waals surface area contributed by atoms with Crippen LogP contribution in [0.1, 0.15) is 6.42 Å². The molecule has 1 nitrogen and oxygen atoms in total. The summed E-state index contributed by atoms with van der Waals surface area (Å²) in [6.07, 6.45) is -22.0. The molecule has 0 fully saturated rings. The Morgan fingerprint density at radius 2 is 1.17 bits per heavy atom. The van der Waals surface area contributed by atoms with Gasteiger partial charge in [0.05, 0.1) is 0 Å². The van der Waals surface area contributed by atoms with Crippen LogP contribution in [-0.2, 0) is 0 Å². The molecule has 18 heavy (non-hydrogen) atoms. The van der Waals surface area contributed by atoms with Crippen molar-refractivity contribution in [1.29, 1.82) is 0 Å². The topological polar surface area (TPSA) is 20.2 Å². The van der Waals surface area contributed by atoms with Crippen LogP contribution in [-0.4, -0.2) is 29.2 Å². The average molecular weight is 294 g/mol. The molecule has 0 atom stereocenters. The highest BCUT2D eigenvalue weighted by Gasteiger charge is 2.69. The van der Waals surface area contributed by atoms with Crippen LogP contribution >= 0.6 is 0 Å². The Kier molecular flexibility index (Phi) is 4.34. The average Bonchev–Trinajstić information content (AvgIpc) is 2.07. The summed E-state index contributed by atoms with van der Waals surface area (Å²) >= 11 is 0. The Hall–Kier alpha value is -1.00. The lowest BCUT2D eigenvalue weighted by Gasteiger charge is -2.31. The smallest absolute Gasteiger partial charge is 0.373 e. The van der Waals surface area contributed by atoms with Crippen LogP contribution in [0.4, 0.5) is 43.9 Å². The van der Waals surface area contributed by atoms with E-state index in [1.165, 1.54) is 0 Å². The van der Waals surface area contributed by atoms with Gasteiger partial charge in [-0.3, -0.25) is 0 Å². The Morgan fingerprint density at radius 3 is 1.39 bits per heavy atom. The van der Waals surface area contributed by atoms with Crippen molar-refractivity contribution in [2.75, 3.05) is 0 Å². The van der Waals surface area contributed by atoms with Gasteiger partial charge in [0.25, 0.3) is 5.60 Å². The van der Waals surface area contributed by atoms with Gasteiger partial charge in [0.1, 0.15) is 0 Å². The number of hydrogen-bond acceptors (Lipinski definition) is 1. The van der Waals surface area contributed by atoms with E-state index in [1.54, 1.807) is 0 Å². The first-order valence-corrected chi connectivity index (χ1v) is 3.91. The zero-order valence-electron chi connectivity index (χ0n) is 8.01. The highest BCUT2D eigenvalue weighted by Crippen LogP contribution is 2.46. The SMILES string of the molecule is OC(CC=C(F)C(F)(F)F)(C(F)(F)F)C(F)(F)F. The van der Waals surface area contributed by atoms with Crippen LogP contribution in [0.3, 0.4) is 0 Å². The van der Waals surface area contributed by atoms with E-state index in [1.807, 2.05) is 0 Å². The van der Waals surface area contributed by atoms with Gasteiger partial charge in [0, 0.05) is 6.42 Å². The predicted octanol–water partition coefficient (Wildman–Crippen LogP) is 3.65. The van der Waals surface area contributed by atoms with Gasteiger partial charge in [0.15, 0.2) is 5.83 Å². The standard InChI is InChI=1S/C7H4F10O/c8-3(5(9,10)11)1-2-4(18,6(12,13)14)7(15,16)17/h1,18H,2H2. The van der Waals surface area contributed by atoms with Gasteiger partial charge in [-0.15, -0.1) is 0 Å². The van der Waals surface area contributed by atoms with E-state index in [4.69, 9.17) is 5.11 Å². The monoisotopic (exact) mass is 294 g/mol. The fourth-order valence-corrected chi connectivity index (χ4v) is 0.745. The van der Waals surface area contributed by atoms with E-state index < -0.39 is 42.5 Å². The molecule has 0 aromatic heterocycles. The van der Waals surface area contributed by atoms with Gasteiger partial charge in [-0.2, -0.15) is 39.5 Å². The van der Waals surface area contributed by atoms with Crippen LogP contribution in [0.5, 0.6) is 0 Å². The van der Waals surface area contributed by atoms with Gasteiger partial charge < -0.3 is 5.11 Å². The molecule has 0 amide bonds. The summed E-state index contributed by atoms with van der Waals surface area (Å²) in [7, 11) is 0. The molecule has 0 saturated heterocycles. The summed E-state index contributed by atoms with van der Waals surface area (Å²) < 4.78 is 118. The van der Waals surface area contributed by atoms with E-state index >= 15 is 0 Å². The molecule has 1 N–H and O–H groups in total. The highest BCUT2D eigenvalue weighted by atomic mass is 19.4. The molecule has 0 bridgehead atoms. The lowest BCUT2D eigenvalue weighted by atomic mass is 9.98. The normalized spacial score (nSPS) is 16.1. The zero-order chi connectivity index (χ0) is 15.0. The molecule has 108 valence electrons. The van der Waals surface area contributed by atoms with Crippen molar-refractivity contribution >= 4 is 0 Å². The molecule has 0 rings (SSSR count). The molecule has 0 aliphatic carbocycles. The summed E-state index contributed by atoms with van der Waals surface area (Å²) in [6.45, 7) is 0. The maximum absolute atomic E-state index is 12.1. The van der Waals surface area contributed by atoms with Gasteiger partial charge in [0.2, 0.25) is 0 Å². The van der Waals surface area contributed by atoms with E-state index in [2.05, 4.69) is 0 Å². The number of rotatable bonds is 2. The number of alkyl halides is 9. The molecule has 0 radical (unpaired) electrons. The summed E-state index contributed by atoms with van der Waals surface area (Å²) in [6, 6.07) is 0. The second-order valence-corrected chi connectivity index (χ2v) is 3.11. The number of halogens is 10. The Bertz CT molecular complexity index is 305. The van der Waals surface area contributed by atoms with Crippen LogP contribution in [0.2, 0.25) is 0 Å². The van der Waals surface area contributed by atoms with E-state index in [-0.39, 0.29) is 0 Å². The molecule has 0 saturated carbocycles. The Labute approximate surface area is 92.7 Å². The summed E-state index contributed by atoms with van der Waals surface area (Å²) in [5.74, 6) is -3.16. The van der Waals surface area contributed by atoms with Crippen LogP contribution in [0.15, 0.2) is 11.9 Å². The fraction of sp³-hybridized carbons (Fsp3) is 0.714. The van der Waals surface area contributed by atoms with E-state index in [9.17, 15) is 43.9 Å². The van der Waals surface area contributed by atoms with Crippen molar-refractivity contribution in [1.82, 2.24) is 0 Å². The van der Waals surface area contributed by atoms with Crippen LogP contribution in [0, 0.1) is 0 Å². The molecule has 0 heterocycles. The molecule has 0 aliphatic rings. The second kappa shape index (κ2) is 4.59. The highest BCUT2D eigenvalue weighted by molar-refractivity contribution is 5.06. The first kappa shape index (κ1) is 17.0. The van der Waals surface area contributed by atoms with Crippen molar-refractivity contribution in [3.05, 3.63) is 11.9 Å². The fourth-order valence-electron chi connectivity index (χ4n) is 0.745.